The van der Waals surface area contributed by atoms with E-state index in [0.717, 1.165) is 22.6 Å². The number of aliphatic hydroxyl groups is 1. The van der Waals surface area contributed by atoms with Crippen LogP contribution in [0.4, 0.5) is 0 Å². The Morgan fingerprint density at radius 3 is 2.89 bits per heavy atom. The van der Waals surface area contributed by atoms with E-state index in [0.29, 0.717) is 12.5 Å². The van der Waals surface area contributed by atoms with Crippen molar-refractivity contribution in [2.24, 2.45) is 5.92 Å². The number of rotatable bonds is 5. The summed E-state index contributed by atoms with van der Waals surface area (Å²) in [4.78, 5) is 1.76. The molecule has 1 fully saturated rings. The Balaban J connectivity index is 1.87. The van der Waals surface area contributed by atoms with Gasteiger partial charge in [-0.1, -0.05) is 11.8 Å². The van der Waals surface area contributed by atoms with Gasteiger partial charge in [0, 0.05) is 11.4 Å². The molecule has 1 aliphatic rings. The fraction of sp³-hybridized carbons (Fsp3) is 0.500. The molecule has 1 aromatic rings. The molecule has 0 amide bonds. The minimum Gasteiger partial charge on any atom is -0.384 e. The SMILES string of the molecule is O=S(=O)(CC1CC1)NCc1ccc(C#CCO)s1. The van der Waals surface area contributed by atoms with Gasteiger partial charge in [0.15, 0.2) is 0 Å². The fourth-order valence-electron chi connectivity index (χ4n) is 1.50. The predicted octanol–water partition coefficient (Wildman–Crippen LogP) is 0.921. The van der Waals surface area contributed by atoms with Gasteiger partial charge in [0.05, 0.1) is 10.6 Å². The first-order valence-corrected chi connectivity index (χ1v) is 8.22. The monoisotopic (exact) mass is 285 g/mol. The van der Waals surface area contributed by atoms with Gasteiger partial charge < -0.3 is 5.11 Å². The smallest absolute Gasteiger partial charge is 0.212 e. The average molecular weight is 285 g/mol. The van der Waals surface area contributed by atoms with Gasteiger partial charge in [0.25, 0.3) is 0 Å². The van der Waals surface area contributed by atoms with Gasteiger partial charge in [0.2, 0.25) is 10.0 Å². The number of sulfonamides is 1. The molecule has 2 rings (SSSR count). The van der Waals surface area contributed by atoms with E-state index in [1.807, 2.05) is 12.1 Å². The van der Waals surface area contributed by atoms with Gasteiger partial charge in [-0.05, 0) is 30.9 Å². The van der Waals surface area contributed by atoms with Crippen LogP contribution in [0.2, 0.25) is 0 Å². The van der Waals surface area contributed by atoms with Crippen LogP contribution in [0.1, 0.15) is 22.6 Å². The summed E-state index contributed by atoms with van der Waals surface area (Å²) >= 11 is 1.44. The van der Waals surface area contributed by atoms with Gasteiger partial charge in [-0.2, -0.15) is 0 Å². The van der Waals surface area contributed by atoms with Crippen molar-refractivity contribution >= 4 is 21.4 Å². The molecule has 0 radical (unpaired) electrons. The second-order valence-corrected chi connectivity index (χ2v) is 7.29. The van der Waals surface area contributed by atoms with Crippen LogP contribution in [-0.4, -0.2) is 25.9 Å². The van der Waals surface area contributed by atoms with Crippen molar-refractivity contribution in [2.75, 3.05) is 12.4 Å². The molecule has 0 spiro atoms. The molecule has 0 aromatic carbocycles. The maximum atomic E-state index is 11.7. The second kappa shape index (κ2) is 5.85. The third-order valence-electron chi connectivity index (χ3n) is 2.57. The standard InChI is InChI=1S/C12H15NO3S2/c14-7-1-2-11-5-6-12(17-11)8-13-18(15,16)9-10-3-4-10/h5-6,10,13-14H,3-4,7-9H2. The lowest BCUT2D eigenvalue weighted by Crippen LogP contribution is -2.26. The van der Waals surface area contributed by atoms with Crippen molar-refractivity contribution in [2.45, 2.75) is 19.4 Å². The number of thiophene rings is 1. The van der Waals surface area contributed by atoms with E-state index < -0.39 is 10.0 Å². The zero-order valence-electron chi connectivity index (χ0n) is 9.85. The van der Waals surface area contributed by atoms with Gasteiger partial charge in [-0.25, -0.2) is 13.1 Å². The van der Waals surface area contributed by atoms with E-state index in [2.05, 4.69) is 16.6 Å². The van der Waals surface area contributed by atoms with Gasteiger partial charge in [-0.3, -0.25) is 0 Å². The van der Waals surface area contributed by atoms with E-state index in [1.54, 1.807) is 0 Å². The van der Waals surface area contributed by atoms with E-state index in [1.165, 1.54) is 11.3 Å². The third-order valence-corrected chi connectivity index (χ3v) is 5.07. The molecule has 0 unspecified atom stereocenters. The quantitative estimate of drug-likeness (QED) is 0.791. The molecule has 6 heteroatoms. The number of hydrogen-bond donors (Lipinski definition) is 2. The lowest BCUT2D eigenvalue weighted by atomic mass is 10.4. The zero-order chi connectivity index (χ0) is 13.0. The van der Waals surface area contributed by atoms with Gasteiger partial charge in [0.1, 0.15) is 6.61 Å². The molecule has 18 heavy (non-hydrogen) atoms. The van der Waals surface area contributed by atoms with E-state index in [4.69, 9.17) is 5.11 Å². The summed E-state index contributed by atoms with van der Waals surface area (Å²) in [5, 5.41) is 8.57. The Bertz CT molecular complexity index is 562. The van der Waals surface area contributed by atoms with Crippen LogP contribution in [0.5, 0.6) is 0 Å². The molecule has 4 nitrogen and oxygen atoms in total. The first kappa shape index (κ1) is 13.6. The zero-order valence-corrected chi connectivity index (χ0v) is 11.5. The van der Waals surface area contributed by atoms with Crippen molar-refractivity contribution in [1.82, 2.24) is 4.72 Å². The van der Waals surface area contributed by atoms with Crippen LogP contribution in [0, 0.1) is 17.8 Å². The number of hydrogen-bond acceptors (Lipinski definition) is 4. The highest BCUT2D eigenvalue weighted by atomic mass is 32.2. The summed E-state index contributed by atoms with van der Waals surface area (Å²) in [7, 11) is -3.14. The topological polar surface area (TPSA) is 66.4 Å². The third kappa shape index (κ3) is 4.42. The van der Waals surface area contributed by atoms with Crippen LogP contribution in [0.3, 0.4) is 0 Å². The van der Waals surface area contributed by atoms with Crippen molar-refractivity contribution in [3.63, 3.8) is 0 Å². The lowest BCUT2D eigenvalue weighted by molar-refractivity contribution is 0.350. The molecule has 0 saturated heterocycles. The molecule has 1 aromatic heterocycles. The van der Waals surface area contributed by atoms with E-state index >= 15 is 0 Å². The maximum absolute atomic E-state index is 11.7. The summed E-state index contributed by atoms with van der Waals surface area (Å²) in [5.74, 6) is 5.96. The minimum absolute atomic E-state index is 0.165. The molecule has 1 heterocycles. The molecule has 98 valence electrons. The van der Waals surface area contributed by atoms with Crippen molar-refractivity contribution < 1.29 is 13.5 Å². The Hall–Kier alpha value is -0.870. The van der Waals surface area contributed by atoms with Crippen molar-refractivity contribution in [1.29, 1.82) is 0 Å². The summed E-state index contributed by atoms with van der Waals surface area (Å²) < 4.78 is 25.9. The summed E-state index contributed by atoms with van der Waals surface area (Å²) in [6.45, 7) is 0.155. The lowest BCUT2D eigenvalue weighted by Gasteiger charge is -2.03. The van der Waals surface area contributed by atoms with Crippen LogP contribution in [0.25, 0.3) is 0 Å². The Morgan fingerprint density at radius 2 is 2.22 bits per heavy atom. The average Bonchev–Trinajstić information content (AvgIpc) is 3.00. The molecular formula is C12H15NO3S2. The second-order valence-electron chi connectivity index (χ2n) is 4.27. The van der Waals surface area contributed by atoms with Gasteiger partial charge >= 0.3 is 0 Å². The van der Waals surface area contributed by atoms with Crippen LogP contribution < -0.4 is 4.72 Å². The molecule has 1 saturated carbocycles. The van der Waals surface area contributed by atoms with Crippen molar-refractivity contribution in [3.8, 4) is 11.8 Å². The molecule has 0 aliphatic heterocycles. The summed E-state index contributed by atoms with van der Waals surface area (Å²) in [6, 6.07) is 3.68. The molecule has 2 N–H and O–H groups in total. The Kier molecular flexibility index (Phi) is 4.40. The highest BCUT2D eigenvalue weighted by molar-refractivity contribution is 7.89. The van der Waals surface area contributed by atoms with Crippen LogP contribution >= 0.6 is 11.3 Å². The van der Waals surface area contributed by atoms with Crippen LogP contribution in [0.15, 0.2) is 12.1 Å². The highest BCUT2D eigenvalue weighted by Gasteiger charge is 2.27. The highest BCUT2D eigenvalue weighted by Crippen LogP contribution is 2.30. The molecule has 0 bridgehead atoms. The fourth-order valence-corrected chi connectivity index (χ4v) is 3.86. The maximum Gasteiger partial charge on any atom is 0.212 e. The van der Waals surface area contributed by atoms with Crippen LogP contribution in [-0.2, 0) is 16.6 Å². The first-order valence-electron chi connectivity index (χ1n) is 5.75. The normalized spacial score (nSPS) is 15.2. The molecule has 1 aliphatic carbocycles. The van der Waals surface area contributed by atoms with Gasteiger partial charge in [-0.15, -0.1) is 11.3 Å². The minimum atomic E-state index is -3.14. The first-order chi connectivity index (χ1) is 8.59. The Labute approximate surface area is 111 Å². The largest absolute Gasteiger partial charge is 0.384 e. The summed E-state index contributed by atoms with van der Waals surface area (Å²) in [6.07, 6.45) is 2.06. The van der Waals surface area contributed by atoms with Crippen molar-refractivity contribution in [3.05, 3.63) is 21.9 Å². The number of nitrogens with one attached hydrogen (secondary N) is 1. The molecule has 0 atom stereocenters. The summed E-state index contributed by atoms with van der Waals surface area (Å²) in [5.41, 5.74) is 0. The molecular weight excluding hydrogens is 270 g/mol. The van der Waals surface area contributed by atoms with E-state index in [9.17, 15) is 8.42 Å². The number of aliphatic hydroxyl groups excluding tert-OH is 1. The Morgan fingerprint density at radius 1 is 1.44 bits per heavy atom. The van der Waals surface area contributed by atoms with E-state index in [-0.39, 0.29) is 12.4 Å². The predicted molar refractivity (Wildman–Crippen MR) is 71.6 cm³/mol.